The molecule has 1 N–H and O–H groups in total. The van der Waals surface area contributed by atoms with Crippen molar-refractivity contribution < 1.29 is 4.42 Å². The number of nitrogens with zero attached hydrogens (tertiary/aromatic N) is 4. The first-order valence-electron chi connectivity index (χ1n) is 9.78. The number of nitrogens with one attached hydrogen (secondary N) is 1. The van der Waals surface area contributed by atoms with Crippen LogP contribution in [0.15, 0.2) is 75.3 Å². The van der Waals surface area contributed by atoms with Crippen LogP contribution in [-0.2, 0) is 5.75 Å². The summed E-state index contributed by atoms with van der Waals surface area (Å²) in [7, 11) is 0. The van der Waals surface area contributed by atoms with Gasteiger partial charge in [-0.1, -0.05) is 47.7 Å². The molecule has 2 aromatic carbocycles. The molecule has 3 heterocycles. The predicted molar refractivity (Wildman–Crippen MR) is 120 cm³/mol. The van der Waals surface area contributed by atoms with Gasteiger partial charge in [0.1, 0.15) is 5.76 Å². The topological polar surface area (TPSA) is 89.6 Å². The molecule has 5 aromatic rings. The highest BCUT2D eigenvalue weighted by Gasteiger charge is 2.18. The maximum Gasteiger partial charge on any atom is 0.278 e. The first kappa shape index (κ1) is 19.3. The first-order valence-corrected chi connectivity index (χ1v) is 10.8. The van der Waals surface area contributed by atoms with Gasteiger partial charge in [-0.05, 0) is 38.1 Å². The van der Waals surface area contributed by atoms with Crippen molar-refractivity contribution in [2.24, 2.45) is 0 Å². The maximum absolute atomic E-state index is 12.3. The summed E-state index contributed by atoms with van der Waals surface area (Å²) in [5.74, 6) is 1.92. The van der Waals surface area contributed by atoms with E-state index in [2.05, 4.69) is 21.0 Å². The largest absolute Gasteiger partial charge is 0.441 e. The number of aromatic amines is 1. The highest BCUT2D eigenvalue weighted by atomic mass is 32.2. The monoisotopic (exact) mass is 429 g/mol. The fourth-order valence-electron chi connectivity index (χ4n) is 3.39. The number of imidazole rings is 1. The van der Waals surface area contributed by atoms with Crippen molar-refractivity contribution in [1.29, 1.82) is 0 Å². The van der Waals surface area contributed by atoms with Gasteiger partial charge < -0.3 is 9.40 Å². The van der Waals surface area contributed by atoms with E-state index in [0.717, 1.165) is 28.3 Å². The van der Waals surface area contributed by atoms with Crippen LogP contribution >= 0.6 is 11.8 Å². The van der Waals surface area contributed by atoms with Crippen LogP contribution in [0.2, 0.25) is 0 Å². The molecule has 0 spiro atoms. The van der Waals surface area contributed by atoms with Crippen molar-refractivity contribution in [3.05, 3.63) is 88.3 Å². The van der Waals surface area contributed by atoms with E-state index in [1.165, 1.54) is 18.1 Å². The number of aryl methyl sites for hydroxylation is 2. The van der Waals surface area contributed by atoms with Gasteiger partial charge in [0, 0.05) is 17.0 Å². The fourth-order valence-corrected chi connectivity index (χ4v) is 4.40. The standard InChI is InChI=1S/C23H19N5O2S/c1-14-7-6-8-16(11-14)22-26-18(15(2)30-22)12-31-23-27-19-20(24-13-25-21(19)29)28(23)17-9-4-3-5-10-17/h3-11,13H,12H2,1-2H3,(H,24,25,29). The number of benzene rings is 2. The van der Waals surface area contributed by atoms with Crippen LogP contribution in [0.25, 0.3) is 28.3 Å². The lowest BCUT2D eigenvalue weighted by molar-refractivity contribution is 0.540. The van der Waals surface area contributed by atoms with Crippen LogP contribution in [0.4, 0.5) is 0 Å². The number of aromatic nitrogens is 5. The van der Waals surface area contributed by atoms with E-state index in [4.69, 9.17) is 9.40 Å². The van der Waals surface area contributed by atoms with E-state index in [1.807, 2.05) is 66.9 Å². The zero-order valence-corrected chi connectivity index (χ0v) is 17.8. The molecule has 154 valence electrons. The highest BCUT2D eigenvalue weighted by molar-refractivity contribution is 7.98. The van der Waals surface area contributed by atoms with Gasteiger partial charge in [0.25, 0.3) is 5.56 Å². The molecule has 0 unspecified atom stereocenters. The number of H-pyrrole nitrogens is 1. The van der Waals surface area contributed by atoms with Gasteiger partial charge in [0.2, 0.25) is 5.89 Å². The van der Waals surface area contributed by atoms with Gasteiger partial charge in [0.05, 0.1) is 12.0 Å². The summed E-state index contributed by atoms with van der Waals surface area (Å²) in [6.07, 6.45) is 1.40. The average Bonchev–Trinajstić information content (AvgIpc) is 3.34. The van der Waals surface area contributed by atoms with Gasteiger partial charge in [-0.2, -0.15) is 0 Å². The Morgan fingerprint density at radius 2 is 1.90 bits per heavy atom. The van der Waals surface area contributed by atoms with Crippen molar-refractivity contribution in [3.8, 4) is 17.1 Å². The first-order chi connectivity index (χ1) is 15.1. The van der Waals surface area contributed by atoms with Gasteiger partial charge >= 0.3 is 0 Å². The molecule has 8 heteroatoms. The minimum Gasteiger partial charge on any atom is -0.441 e. The summed E-state index contributed by atoms with van der Waals surface area (Å²) in [4.78, 5) is 28.5. The van der Waals surface area contributed by atoms with Gasteiger partial charge in [0.15, 0.2) is 16.3 Å². The molecule has 0 saturated carbocycles. The molecule has 0 saturated heterocycles. The van der Waals surface area contributed by atoms with Crippen molar-refractivity contribution in [3.63, 3.8) is 0 Å². The molecule has 3 aromatic heterocycles. The molecule has 0 fully saturated rings. The molecule has 0 aliphatic rings. The number of fused-ring (bicyclic) bond motifs is 1. The summed E-state index contributed by atoms with van der Waals surface area (Å²) >= 11 is 1.49. The lowest BCUT2D eigenvalue weighted by Gasteiger charge is -2.07. The second kappa shape index (κ2) is 7.88. The summed E-state index contributed by atoms with van der Waals surface area (Å²) in [5.41, 5.74) is 4.41. The summed E-state index contributed by atoms with van der Waals surface area (Å²) in [6.45, 7) is 3.95. The third kappa shape index (κ3) is 3.66. The number of thioether (sulfide) groups is 1. The Morgan fingerprint density at radius 3 is 2.71 bits per heavy atom. The van der Waals surface area contributed by atoms with Crippen LogP contribution in [0.3, 0.4) is 0 Å². The Morgan fingerprint density at radius 1 is 1.06 bits per heavy atom. The van der Waals surface area contributed by atoms with Crippen molar-refractivity contribution in [1.82, 2.24) is 24.5 Å². The van der Waals surface area contributed by atoms with E-state index in [-0.39, 0.29) is 5.56 Å². The average molecular weight is 430 g/mol. The number of rotatable bonds is 5. The number of hydrogen-bond acceptors (Lipinski definition) is 6. The second-order valence-corrected chi connectivity index (χ2v) is 8.09. The molecule has 31 heavy (non-hydrogen) atoms. The second-order valence-electron chi connectivity index (χ2n) is 7.15. The van der Waals surface area contributed by atoms with E-state index in [0.29, 0.717) is 28.0 Å². The van der Waals surface area contributed by atoms with Gasteiger partial charge in [-0.25, -0.2) is 15.0 Å². The Balaban J connectivity index is 1.51. The Bertz CT molecular complexity index is 1440. The minimum absolute atomic E-state index is 0.263. The van der Waals surface area contributed by atoms with E-state index >= 15 is 0 Å². The Labute approximate surface area is 182 Å². The summed E-state index contributed by atoms with van der Waals surface area (Å²) < 4.78 is 7.81. The van der Waals surface area contributed by atoms with E-state index < -0.39 is 0 Å². The van der Waals surface area contributed by atoms with Crippen molar-refractivity contribution in [2.75, 3.05) is 0 Å². The lowest BCUT2D eigenvalue weighted by Crippen LogP contribution is -2.07. The molecule has 0 bridgehead atoms. The molecule has 5 rings (SSSR count). The smallest absolute Gasteiger partial charge is 0.278 e. The zero-order valence-electron chi connectivity index (χ0n) is 17.0. The number of para-hydroxylation sites is 1. The molecule has 0 atom stereocenters. The van der Waals surface area contributed by atoms with Crippen molar-refractivity contribution in [2.45, 2.75) is 24.8 Å². The normalized spacial score (nSPS) is 11.3. The Kier molecular flexibility index (Phi) is 4.91. The maximum atomic E-state index is 12.3. The van der Waals surface area contributed by atoms with Crippen LogP contribution in [-0.4, -0.2) is 24.5 Å². The summed E-state index contributed by atoms with van der Waals surface area (Å²) in [6, 6.07) is 17.8. The molecule has 0 amide bonds. The number of hydrogen-bond donors (Lipinski definition) is 1. The fraction of sp³-hybridized carbons (Fsp3) is 0.130. The SMILES string of the molecule is Cc1cccc(-c2nc(CSc3nc4c(=O)[nH]cnc4n3-c3ccccc3)c(C)o2)c1. The molecule has 0 aliphatic carbocycles. The molecule has 0 aliphatic heterocycles. The van der Waals surface area contributed by atoms with Crippen LogP contribution in [0.5, 0.6) is 0 Å². The van der Waals surface area contributed by atoms with Crippen LogP contribution in [0.1, 0.15) is 17.0 Å². The van der Waals surface area contributed by atoms with Crippen LogP contribution < -0.4 is 5.56 Å². The quantitative estimate of drug-likeness (QED) is 0.408. The van der Waals surface area contributed by atoms with E-state index in [1.54, 1.807) is 0 Å². The van der Waals surface area contributed by atoms with E-state index in [9.17, 15) is 4.79 Å². The van der Waals surface area contributed by atoms with Gasteiger partial charge in [-0.15, -0.1) is 0 Å². The molecule has 0 radical (unpaired) electrons. The lowest BCUT2D eigenvalue weighted by atomic mass is 10.1. The minimum atomic E-state index is -0.263. The van der Waals surface area contributed by atoms with Gasteiger partial charge in [-0.3, -0.25) is 9.36 Å². The molecular formula is C23H19N5O2S. The molecule has 7 nitrogen and oxygen atoms in total. The number of oxazole rings is 1. The summed E-state index contributed by atoms with van der Waals surface area (Å²) in [5, 5.41) is 0.671. The third-order valence-corrected chi connectivity index (χ3v) is 5.88. The Hall–Kier alpha value is -3.65. The predicted octanol–water partition coefficient (Wildman–Crippen LogP) is 4.67. The third-order valence-electron chi connectivity index (χ3n) is 4.93. The van der Waals surface area contributed by atoms with Crippen LogP contribution in [0, 0.1) is 13.8 Å². The highest BCUT2D eigenvalue weighted by Crippen LogP contribution is 2.30. The van der Waals surface area contributed by atoms with Crippen molar-refractivity contribution >= 4 is 22.9 Å². The molecular weight excluding hydrogens is 410 g/mol. The zero-order chi connectivity index (χ0) is 21.4.